The second-order valence-electron chi connectivity index (χ2n) is 6.76. The van der Waals surface area contributed by atoms with Gasteiger partial charge in [-0.3, -0.25) is 4.98 Å². The number of piperazine rings is 1. The number of anilines is 2. The Labute approximate surface area is 161 Å². The number of nitrogens with zero attached hydrogens (tertiary/aromatic N) is 5. The quantitative estimate of drug-likeness (QED) is 0.505. The van der Waals surface area contributed by atoms with E-state index in [0.717, 1.165) is 48.5 Å². The molecule has 1 aliphatic heterocycles. The highest BCUT2D eigenvalue weighted by Gasteiger charge is 2.15. The van der Waals surface area contributed by atoms with Crippen molar-refractivity contribution in [3.05, 3.63) is 48.9 Å². The Hall–Kier alpha value is -3.52. The average Bonchev–Trinajstić information content (AvgIpc) is 3.19. The summed E-state index contributed by atoms with van der Waals surface area (Å²) in [5.74, 6) is 0.952. The summed E-state index contributed by atoms with van der Waals surface area (Å²) in [4.78, 5) is 23.7. The Bertz CT molecular complexity index is 1100. The van der Waals surface area contributed by atoms with E-state index in [1.54, 1.807) is 12.4 Å². The van der Waals surface area contributed by atoms with Gasteiger partial charge < -0.3 is 20.9 Å². The number of H-pyrrole nitrogens is 1. The number of nitrogens with two attached hydrogens (primary N) is 1. The third kappa shape index (κ3) is 3.03. The number of rotatable bonds is 3. The lowest BCUT2D eigenvalue weighted by atomic mass is 10.2. The van der Waals surface area contributed by atoms with Gasteiger partial charge in [0, 0.05) is 37.9 Å². The molecule has 0 unspecified atom stereocenters. The smallest absolute Gasteiger partial charge is 0.161 e. The third-order valence-corrected chi connectivity index (χ3v) is 4.92. The summed E-state index contributed by atoms with van der Waals surface area (Å²) in [6.45, 7) is 3.87. The monoisotopic (exact) mass is 372 g/mol. The van der Waals surface area contributed by atoms with Crippen LogP contribution >= 0.6 is 0 Å². The van der Waals surface area contributed by atoms with Crippen LogP contribution in [-0.4, -0.2) is 51.1 Å². The number of benzene rings is 1. The molecule has 4 heterocycles. The molecule has 1 aromatic carbocycles. The summed E-state index contributed by atoms with van der Waals surface area (Å²) in [7, 11) is 0. The van der Waals surface area contributed by atoms with Gasteiger partial charge in [0.25, 0.3) is 0 Å². The number of imidazole rings is 1. The molecule has 8 heteroatoms. The summed E-state index contributed by atoms with van der Waals surface area (Å²) < 4.78 is 0. The van der Waals surface area contributed by atoms with Crippen molar-refractivity contribution >= 4 is 22.5 Å². The number of aromatic nitrogens is 5. The van der Waals surface area contributed by atoms with E-state index in [0.29, 0.717) is 23.0 Å². The molecule has 1 saturated heterocycles. The van der Waals surface area contributed by atoms with Crippen molar-refractivity contribution in [3.8, 4) is 22.8 Å². The first kappa shape index (κ1) is 16.6. The minimum atomic E-state index is 0.342. The van der Waals surface area contributed by atoms with E-state index in [9.17, 15) is 0 Å². The maximum Gasteiger partial charge on any atom is 0.161 e. The molecular weight excluding hydrogens is 352 g/mol. The third-order valence-electron chi connectivity index (χ3n) is 4.92. The minimum Gasteiger partial charge on any atom is -0.382 e. The van der Waals surface area contributed by atoms with E-state index >= 15 is 0 Å². The highest BCUT2D eigenvalue weighted by Crippen LogP contribution is 2.27. The zero-order valence-corrected chi connectivity index (χ0v) is 15.3. The molecule has 0 amide bonds. The molecule has 140 valence electrons. The molecule has 0 bridgehead atoms. The van der Waals surface area contributed by atoms with E-state index in [2.05, 4.69) is 36.2 Å². The lowest BCUT2D eigenvalue weighted by Gasteiger charge is -2.29. The van der Waals surface area contributed by atoms with Crippen molar-refractivity contribution in [2.45, 2.75) is 0 Å². The van der Waals surface area contributed by atoms with E-state index in [1.165, 1.54) is 0 Å². The predicted octanol–water partition coefficient (Wildman–Crippen LogP) is 2.07. The first-order chi connectivity index (χ1) is 13.8. The summed E-state index contributed by atoms with van der Waals surface area (Å²) in [5.41, 5.74) is 11.2. The molecule has 0 saturated carbocycles. The van der Waals surface area contributed by atoms with Gasteiger partial charge in [0.1, 0.15) is 5.69 Å². The van der Waals surface area contributed by atoms with E-state index < -0.39 is 0 Å². The lowest BCUT2D eigenvalue weighted by Crippen LogP contribution is -2.43. The number of aromatic amines is 1. The van der Waals surface area contributed by atoms with Crippen LogP contribution in [-0.2, 0) is 0 Å². The zero-order chi connectivity index (χ0) is 18.9. The van der Waals surface area contributed by atoms with E-state index in [1.807, 2.05) is 30.5 Å². The van der Waals surface area contributed by atoms with Crippen molar-refractivity contribution in [2.75, 3.05) is 36.8 Å². The van der Waals surface area contributed by atoms with Gasteiger partial charge in [0.2, 0.25) is 0 Å². The minimum absolute atomic E-state index is 0.342. The molecular formula is C20H20N8. The Balaban J connectivity index is 1.54. The zero-order valence-electron chi connectivity index (χ0n) is 15.3. The summed E-state index contributed by atoms with van der Waals surface area (Å²) >= 11 is 0. The van der Waals surface area contributed by atoms with Gasteiger partial charge in [-0.15, -0.1) is 0 Å². The number of nitrogens with one attached hydrogen (secondary N) is 2. The van der Waals surface area contributed by atoms with E-state index in [4.69, 9.17) is 10.7 Å². The highest BCUT2D eigenvalue weighted by atomic mass is 15.2. The fourth-order valence-corrected chi connectivity index (χ4v) is 3.44. The Kier molecular flexibility index (Phi) is 4.10. The van der Waals surface area contributed by atoms with Crippen molar-refractivity contribution in [1.82, 2.24) is 30.2 Å². The molecule has 4 N–H and O–H groups in total. The summed E-state index contributed by atoms with van der Waals surface area (Å²) in [5, 5.41) is 3.36. The van der Waals surface area contributed by atoms with E-state index in [-0.39, 0.29) is 0 Å². The average molecular weight is 372 g/mol. The second-order valence-corrected chi connectivity index (χ2v) is 6.76. The van der Waals surface area contributed by atoms with Gasteiger partial charge in [-0.05, 0) is 18.2 Å². The second kappa shape index (κ2) is 6.90. The number of hydrogen-bond donors (Lipinski definition) is 3. The van der Waals surface area contributed by atoms with Crippen LogP contribution in [0.1, 0.15) is 0 Å². The molecule has 5 rings (SSSR count). The molecule has 0 radical (unpaired) electrons. The fourth-order valence-electron chi connectivity index (χ4n) is 3.44. The topological polar surface area (TPSA) is 109 Å². The van der Waals surface area contributed by atoms with Crippen LogP contribution in [0, 0.1) is 0 Å². The first-order valence-electron chi connectivity index (χ1n) is 9.27. The summed E-state index contributed by atoms with van der Waals surface area (Å²) in [6.07, 6.45) is 5.37. The number of pyridine rings is 1. The number of hydrogen-bond acceptors (Lipinski definition) is 7. The number of para-hydroxylation sites is 2. The Morgan fingerprint density at radius 1 is 1.00 bits per heavy atom. The maximum absolute atomic E-state index is 6.10. The molecule has 0 atom stereocenters. The van der Waals surface area contributed by atoms with Crippen molar-refractivity contribution < 1.29 is 0 Å². The van der Waals surface area contributed by atoms with Crippen LogP contribution in [0.25, 0.3) is 33.8 Å². The van der Waals surface area contributed by atoms with Crippen molar-refractivity contribution in [2.24, 2.45) is 0 Å². The standard InChI is InChI=1S/C20H20N8/c21-19-18(20-26-15-3-1-2-4-16(15)27-20)25-17(12-24-19)13-9-14(11-23-10-13)28-7-5-22-6-8-28/h1-4,9-12,22H,5-8H2,(H2,21,24)(H,26,27). The largest absolute Gasteiger partial charge is 0.382 e. The van der Waals surface area contributed by atoms with Crippen LogP contribution in [0.5, 0.6) is 0 Å². The van der Waals surface area contributed by atoms with Crippen molar-refractivity contribution in [1.29, 1.82) is 0 Å². The molecule has 1 aliphatic rings. The van der Waals surface area contributed by atoms with Gasteiger partial charge in [-0.1, -0.05) is 12.1 Å². The molecule has 28 heavy (non-hydrogen) atoms. The highest BCUT2D eigenvalue weighted by molar-refractivity contribution is 5.81. The molecule has 0 spiro atoms. The van der Waals surface area contributed by atoms with Gasteiger partial charge in [-0.2, -0.15) is 0 Å². The number of fused-ring (bicyclic) bond motifs is 1. The Morgan fingerprint density at radius 3 is 2.71 bits per heavy atom. The van der Waals surface area contributed by atoms with Gasteiger partial charge in [0.05, 0.1) is 34.8 Å². The van der Waals surface area contributed by atoms with Crippen LogP contribution in [0.15, 0.2) is 48.9 Å². The summed E-state index contributed by atoms with van der Waals surface area (Å²) in [6, 6.07) is 9.93. The van der Waals surface area contributed by atoms with Crippen LogP contribution in [0.3, 0.4) is 0 Å². The lowest BCUT2D eigenvalue weighted by molar-refractivity contribution is 0.589. The molecule has 8 nitrogen and oxygen atoms in total. The normalized spacial score (nSPS) is 14.5. The van der Waals surface area contributed by atoms with Crippen molar-refractivity contribution in [3.63, 3.8) is 0 Å². The SMILES string of the molecule is Nc1ncc(-c2cncc(N3CCNCC3)c2)nc1-c1nc2ccccc2[nH]1. The first-order valence-corrected chi connectivity index (χ1v) is 9.27. The van der Waals surface area contributed by atoms with Crippen LogP contribution < -0.4 is 16.0 Å². The number of nitrogen functional groups attached to an aromatic ring is 1. The van der Waals surface area contributed by atoms with Gasteiger partial charge >= 0.3 is 0 Å². The van der Waals surface area contributed by atoms with Crippen LogP contribution in [0.4, 0.5) is 11.5 Å². The van der Waals surface area contributed by atoms with Gasteiger partial charge in [0.15, 0.2) is 11.6 Å². The van der Waals surface area contributed by atoms with Gasteiger partial charge in [-0.25, -0.2) is 15.0 Å². The fraction of sp³-hybridized carbons (Fsp3) is 0.200. The Morgan fingerprint density at radius 2 is 1.86 bits per heavy atom. The molecule has 3 aromatic heterocycles. The molecule has 1 fully saturated rings. The molecule has 0 aliphatic carbocycles. The maximum atomic E-state index is 6.10. The van der Waals surface area contributed by atoms with Crippen LogP contribution in [0.2, 0.25) is 0 Å². The predicted molar refractivity (Wildman–Crippen MR) is 110 cm³/mol. The molecule has 4 aromatic rings.